The maximum atomic E-state index is 12.5. The Hall–Kier alpha value is -2.65. The number of oxazole rings is 1. The number of aromatic nitrogens is 3. The molecule has 0 saturated carbocycles. The molecule has 0 unspecified atom stereocenters. The summed E-state index contributed by atoms with van der Waals surface area (Å²) in [6, 6.07) is 1.26. The Balaban J connectivity index is 2.32. The van der Waals surface area contributed by atoms with E-state index in [1.807, 2.05) is 0 Å². The zero-order valence-corrected chi connectivity index (χ0v) is 9.59. The van der Waals surface area contributed by atoms with E-state index in [0.29, 0.717) is 16.8 Å². The van der Waals surface area contributed by atoms with Crippen molar-refractivity contribution < 1.29 is 27.5 Å². The summed E-state index contributed by atoms with van der Waals surface area (Å²) in [4.78, 5) is 25.4. The Bertz CT molecular complexity index is 704. The molecule has 0 aliphatic rings. The van der Waals surface area contributed by atoms with E-state index in [1.165, 1.54) is 0 Å². The number of aromatic carboxylic acids is 1. The Morgan fingerprint density at radius 1 is 1.40 bits per heavy atom. The van der Waals surface area contributed by atoms with E-state index in [2.05, 4.69) is 10.1 Å². The van der Waals surface area contributed by atoms with Gasteiger partial charge in [0.1, 0.15) is 12.8 Å². The molecule has 0 fully saturated rings. The standard InChI is InChI=1S/C10H6F3N3O4/c11-10(12,13)6-1-2-8(17)16(15-6)3-7-14-5(4-20-7)9(18)19/h1-2,4H,3H2,(H,18,19). The van der Waals surface area contributed by atoms with E-state index in [4.69, 9.17) is 9.52 Å². The van der Waals surface area contributed by atoms with Crippen molar-refractivity contribution in [3.05, 3.63) is 46.0 Å². The highest BCUT2D eigenvalue weighted by Gasteiger charge is 2.33. The SMILES string of the molecule is O=C(O)c1coc(Cn2nc(C(F)(F)F)ccc2=O)n1. The minimum absolute atomic E-state index is 0.240. The van der Waals surface area contributed by atoms with Crippen LogP contribution in [0, 0.1) is 0 Å². The molecule has 0 bridgehead atoms. The molecule has 7 nitrogen and oxygen atoms in total. The molecule has 0 spiro atoms. The van der Waals surface area contributed by atoms with Crippen molar-refractivity contribution in [3.63, 3.8) is 0 Å². The molecule has 2 rings (SSSR count). The number of carboxylic acids is 1. The molecule has 0 amide bonds. The number of carboxylic acid groups (broad SMARTS) is 1. The predicted molar refractivity (Wildman–Crippen MR) is 56.1 cm³/mol. The van der Waals surface area contributed by atoms with Crippen LogP contribution in [0.1, 0.15) is 22.1 Å². The van der Waals surface area contributed by atoms with Gasteiger partial charge in [-0.05, 0) is 6.07 Å². The smallest absolute Gasteiger partial charge is 0.435 e. The molecule has 2 aromatic heterocycles. The number of halogens is 3. The van der Waals surface area contributed by atoms with Crippen molar-refractivity contribution >= 4 is 5.97 Å². The molecule has 10 heteroatoms. The van der Waals surface area contributed by atoms with E-state index < -0.39 is 35.6 Å². The van der Waals surface area contributed by atoms with E-state index >= 15 is 0 Å². The van der Waals surface area contributed by atoms with Gasteiger partial charge in [-0.15, -0.1) is 0 Å². The summed E-state index contributed by atoms with van der Waals surface area (Å²) in [5.41, 5.74) is -2.46. The first kappa shape index (κ1) is 13.8. The molecule has 0 atom stereocenters. The molecule has 0 radical (unpaired) electrons. The van der Waals surface area contributed by atoms with Gasteiger partial charge >= 0.3 is 12.1 Å². The fourth-order valence-corrected chi connectivity index (χ4v) is 1.32. The number of carbonyl (C=O) groups is 1. The fraction of sp³-hybridized carbons (Fsp3) is 0.200. The van der Waals surface area contributed by atoms with Gasteiger partial charge in [-0.3, -0.25) is 4.79 Å². The second kappa shape index (κ2) is 4.79. The lowest BCUT2D eigenvalue weighted by atomic mass is 10.4. The zero-order valence-electron chi connectivity index (χ0n) is 9.59. The largest absolute Gasteiger partial charge is 0.476 e. The third-order valence-electron chi connectivity index (χ3n) is 2.21. The minimum Gasteiger partial charge on any atom is -0.476 e. The number of nitrogens with zero attached hydrogens (tertiary/aromatic N) is 3. The van der Waals surface area contributed by atoms with Crippen LogP contribution in [-0.4, -0.2) is 25.8 Å². The molecule has 2 heterocycles. The van der Waals surface area contributed by atoms with E-state index in [0.717, 1.165) is 6.26 Å². The Kier molecular flexibility index (Phi) is 3.30. The molecule has 2 aromatic rings. The van der Waals surface area contributed by atoms with Crippen LogP contribution in [0.3, 0.4) is 0 Å². The van der Waals surface area contributed by atoms with Gasteiger partial charge in [-0.25, -0.2) is 14.5 Å². The second-order valence-corrected chi connectivity index (χ2v) is 3.64. The quantitative estimate of drug-likeness (QED) is 0.905. The van der Waals surface area contributed by atoms with Crippen LogP contribution < -0.4 is 5.56 Å². The average Bonchev–Trinajstić information content (AvgIpc) is 2.79. The van der Waals surface area contributed by atoms with Gasteiger partial charge in [0.15, 0.2) is 11.4 Å². The van der Waals surface area contributed by atoms with Crippen molar-refractivity contribution in [1.82, 2.24) is 14.8 Å². The number of rotatable bonds is 3. The predicted octanol–water partition coefficient (Wildman–Crippen LogP) is 0.997. The molecule has 20 heavy (non-hydrogen) atoms. The third-order valence-corrected chi connectivity index (χ3v) is 2.21. The maximum Gasteiger partial charge on any atom is 0.435 e. The summed E-state index contributed by atoms with van der Waals surface area (Å²) in [6.45, 7) is -0.504. The second-order valence-electron chi connectivity index (χ2n) is 3.64. The summed E-state index contributed by atoms with van der Waals surface area (Å²) >= 11 is 0. The first-order valence-electron chi connectivity index (χ1n) is 5.10. The van der Waals surface area contributed by atoms with Crippen molar-refractivity contribution in [2.45, 2.75) is 12.7 Å². The monoisotopic (exact) mass is 289 g/mol. The number of hydrogen-bond donors (Lipinski definition) is 1. The molecule has 0 saturated heterocycles. The highest BCUT2D eigenvalue weighted by Crippen LogP contribution is 2.26. The normalized spacial score (nSPS) is 11.6. The summed E-state index contributed by atoms with van der Waals surface area (Å²) in [6.07, 6.45) is -3.88. The Morgan fingerprint density at radius 3 is 2.65 bits per heavy atom. The van der Waals surface area contributed by atoms with Gasteiger partial charge in [0.25, 0.3) is 5.56 Å². The number of hydrogen-bond acceptors (Lipinski definition) is 5. The molecule has 0 aliphatic heterocycles. The molecular formula is C10H6F3N3O4. The van der Waals surface area contributed by atoms with Gasteiger partial charge in [-0.1, -0.05) is 0 Å². The van der Waals surface area contributed by atoms with Gasteiger partial charge in [0.05, 0.1) is 0 Å². The van der Waals surface area contributed by atoms with E-state index in [9.17, 15) is 22.8 Å². The molecule has 0 aliphatic carbocycles. The molecule has 0 aromatic carbocycles. The van der Waals surface area contributed by atoms with Crippen molar-refractivity contribution in [1.29, 1.82) is 0 Å². The van der Waals surface area contributed by atoms with Gasteiger partial charge in [0, 0.05) is 6.07 Å². The first-order chi connectivity index (χ1) is 9.27. The van der Waals surface area contributed by atoms with Crippen LogP contribution in [0.5, 0.6) is 0 Å². The number of alkyl halides is 3. The van der Waals surface area contributed by atoms with Crippen molar-refractivity contribution in [3.8, 4) is 0 Å². The molecular weight excluding hydrogens is 283 g/mol. The lowest BCUT2D eigenvalue weighted by Crippen LogP contribution is -2.26. The van der Waals surface area contributed by atoms with Crippen molar-refractivity contribution in [2.24, 2.45) is 0 Å². The van der Waals surface area contributed by atoms with E-state index in [1.54, 1.807) is 0 Å². The zero-order chi connectivity index (χ0) is 14.9. The van der Waals surface area contributed by atoms with Crippen LogP contribution in [0.25, 0.3) is 0 Å². The highest BCUT2D eigenvalue weighted by atomic mass is 19.4. The Morgan fingerprint density at radius 2 is 2.10 bits per heavy atom. The van der Waals surface area contributed by atoms with Crippen molar-refractivity contribution in [2.75, 3.05) is 0 Å². The summed E-state index contributed by atoms with van der Waals surface area (Å²) in [5.74, 6) is -1.60. The van der Waals surface area contributed by atoms with Gasteiger partial charge in [-0.2, -0.15) is 18.3 Å². The summed E-state index contributed by atoms with van der Waals surface area (Å²) in [5, 5.41) is 11.7. The lowest BCUT2D eigenvalue weighted by Gasteiger charge is -2.07. The van der Waals surface area contributed by atoms with Crippen LogP contribution >= 0.6 is 0 Å². The molecule has 1 N–H and O–H groups in total. The van der Waals surface area contributed by atoms with Crippen LogP contribution in [0.2, 0.25) is 0 Å². The van der Waals surface area contributed by atoms with Crippen LogP contribution in [-0.2, 0) is 12.7 Å². The minimum atomic E-state index is -4.70. The fourth-order valence-electron chi connectivity index (χ4n) is 1.32. The topological polar surface area (TPSA) is 98.2 Å². The van der Waals surface area contributed by atoms with Gasteiger partial charge in [0.2, 0.25) is 5.89 Å². The van der Waals surface area contributed by atoms with Crippen LogP contribution in [0.4, 0.5) is 13.2 Å². The summed E-state index contributed by atoms with van der Waals surface area (Å²) in [7, 11) is 0. The lowest BCUT2D eigenvalue weighted by molar-refractivity contribution is -0.142. The van der Waals surface area contributed by atoms with Crippen LogP contribution in [0.15, 0.2) is 27.6 Å². The first-order valence-corrected chi connectivity index (χ1v) is 5.10. The van der Waals surface area contributed by atoms with Gasteiger partial charge < -0.3 is 9.52 Å². The van der Waals surface area contributed by atoms with E-state index in [-0.39, 0.29) is 5.89 Å². The average molecular weight is 289 g/mol. The molecule has 106 valence electrons. The maximum absolute atomic E-state index is 12.5. The Labute approximate surface area is 108 Å². The third kappa shape index (κ3) is 2.84. The highest BCUT2D eigenvalue weighted by molar-refractivity contribution is 5.84. The summed E-state index contributed by atoms with van der Waals surface area (Å²) < 4.78 is 42.6.